The van der Waals surface area contributed by atoms with Crippen molar-refractivity contribution >= 4 is 5.91 Å². The predicted octanol–water partition coefficient (Wildman–Crippen LogP) is 1.93. The monoisotopic (exact) mass is 263 g/mol. The lowest BCUT2D eigenvalue weighted by Gasteiger charge is -2.29. The molecule has 1 fully saturated rings. The van der Waals surface area contributed by atoms with Crippen LogP contribution in [0.5, 0.6) is 5.75 Å². The molecular weight excluding hydrogens is 242 g/mol. The zero-order chi connectivity index (χ0) is 13.8. The highest BCUT2D eigenvalue weighted by Gasteiger charge is 2.24. The Morgan fingerprint density at radius 1 is 1.32 bits per heavy atom. The second kappa shape index (κ2) is 6.06. The van der Waals surface area contributed by atoms with Gasteiger partial charge in [0.25, 0.3) is 5.91 Å². The summed E-state index contributed by atoms with van der Waals surface area (Å²) in [5, 5.41) is 0. The van der Waals surface area contributed by atoms with Crippen molar-refractivity contribution in [3.63, 3.8) is 0 Å². The molecule has 104 valence electrons. The molecule has 0 unspecified atom stereocenters. The fraction of sp³-hybridized carbons (Fsp3) is 0.533. The average molecular weight is 263 g/mol. The van der Waals surface area contributed by atoms with Crippen molar-refractivity contribution in [2.75, 3.05) is 26.3 Å². The molecule has 1 amide bonds. The lowest BCUT2D eigenvalue weighted by molar-refractivity contribution is -0.142. The van der Waals surface area contributed by atoms with E-state index in [0.717, 1.165) is 11.3 Å². The number of carbonyl (C=O) groups excluding carboxylic acids is 1. The molecule has 1 aliphatic heterocycles. The van der Waals surface area contributed by atoms with Crippen molar-refractivity contribution in [2.24, 2.45) is 0 Å². The van der Waals surface area contributed by atoms with Gasteiger partial charge in [0.1, 0.15) is 5.75 Å². The number of ether oxygens (including phenoxy) is 2. The first-order valence-electron chi connectivity index (χ1n) is 6.69. The van der Waals surface area contributed by atoms with Crippen LogP contribution in [0.25, 0.3) is 0 Å². The van der Waals surface area contributed by atoms with Gasteiger partial charge in [-0.3, -0.25) is 4.79 Å². The third kappa shape index (κ3) is 3.26. The molecule has 1 aromatic rings. The molecule has 1 atom stereocenters. The summed E-state index contributed by atoms with van der Waals surface area (Å²) in [6.07, 6.45) is -0.460. The minimum absolute atomic E-state index is 0.0317. The Morgan fingerprint density at radius 3 is 2.68 bits per heavy atom. The molecule has 1 heterocycles. The van der Waals surface area contributed by atoms with Crippen LogP contribution < -0.4 is 4.74 Å². The third-order valence-corrected chi connectivity index (χ3v) is 3.53. The van der Waals surface area contributed by atoms with Crippen LogP contribution in [0, 0.1) is 13.8 Å². The van der Waals surface area contributed by atoms with E-state index in [1.54, 1.807) is 11.8 Å². The molecule has 0 radical (unpaired) electrons. The Bertz CT molecular complexity index is 453. The number of hydrogen-bond donors (Lipinski definition) is 0. The fourth-order valence-corrected chi connectivity index (χ4v) is 2.13. The molecule has 0 spiro atoms. The maximum atomic E-state index is 12.2. The summed E-state index contributed by atoms with van der Waals surface area (Å²) in [4.78, 5) is 14.0. The number of carbonyl (C=O) groups is 1. The fourth-order valence-electron chi connectivity index (χ4n) is 2.13. The molecule has 0 aliphatic carbocycles. The molecule has 0 bridgehead atoms. The Balaban J connectivity index is 2.01. The SMILES string of the molecule is Cc1cccc(O[C@@H](C)C(=O)N2CCOCC2)c1C. The average Bonchev–Trinajstić information content (AvgIpc) is 2.44. The number of rotatable bonds is 3. The highest BCUT2D eigenvalue weighted by molar-refractivity contribution is 5.81. The Hall–Kier alpha value is -1.55. The molecule has 0 N–H and O–H groups in total. The maximum Gasteiger partial charge on any atom is 0.263 e. The number of nitrogens with zero attached hydrogens (tertiary/aromatic N) is 1. The Labute approximate surface area is 114 Å². The Morgan fingerprint density at radius 2 is 2.00 bits per heavy atom. The molecule has 2 rings (SSSR count). The van der Waals surface area contributed by atoms with Crippen molar-refractivity contribution in [1.29, 1.82) is 0 Å². The van der Waals surface area contributed by atoms with Crippen LogP contribution in [0.15, 0.2) is 18.2 Å². The van der Waals surface area contributed by atoms with Crippen LogP contribution in [0.4, 0.5) is 0 Å². The molecule has 0 aromatic heterocycles. The first kappa shape index (κ1) is 13.9. The van der Waals surface area contributed by atoms with Gasteiger partial charge in [0.05, 0.1) is 13.2 Å². The smallest absolute Gasteiger partial charge is 0.263 e. The predicted molar refractivity (Wildman–Crippen MR) is 73.4 cm³/mol. The number of morpholine rings is 1. The van der Waals surface area contributed by atoms with Crippen LogP contribution in [0.1, 0.15) is 18.1 Å². The molecule has 0 saturated carbocycles. The maximum absolute atomic E-state index is 12.2. The number of aryl methyl sites for hydroxylation is 1. The second-order valence-corrected chi connectivity index (χ2v) is 4.90. The summed E-state index contributed by atoms with van der Waals surface area (Å²) < 4.78 is 11.1. The Kier molecular flexibility index (Phi) is 4.43. The first-order valence-corrected chi connectivity index (χ1v) is 6.69. The van der Waals surface area contributed by atoms with E-state index in [9.17, 15) is 4.79 Å². The second-order valence-electron chi connectivity index (χ2n) is 4.90. The third-order valence-electron chi connectivity index (χ3n) is 3.53. The zero-order valence-corrected chi connectivity index (χ0v) is 11.8. The topological polar surface area (TPSA) is 38.8 Å². The van der Waals surface area contributed by atoms with Crippen LogP contribution in [0.3, 0.4) is 0 Å². The summed E-state index contributed by atoms with van der Waals surface area (Å²) >= 11 is 0. The van der Waals surface area contributed by atoms with Crippen molar-refractivity contribution in [3.8, 4) is 5.75 Å². The highest BCUT2D eigenvalue weighted by Crippen LogP contribution is 2.22. The van der Waals surface area contributed by atoms with Crippen LogP contribution in [0.2, 0.25) is 0 Å². The molecule has 1 aliphatic rings. The quantitative estimate of drug-likeness (QED) is 0.836. The van der Waals surface area contributed by atoms with Crippen molar-refractivity contribution in [1.82, 2.24) is 4.90 Å². The van der Waals surface area contributed by atoms with E-state index >= 15 is 0 Å². The summed E-state index contributed by atoms with van der Waals surface area (Å²) in [7, 11) is 0. The molecule has 1 saturated heterocycles. The van der Waals surface area contributed by atoms with Gasteiger partial charge in [-0.1, -0.05) is 12.1 Å². The molecule has 19 heavy (non-hydrogen) atoms. The van der Waals surface area contributed by atoms with E-state index in [0.29, 0.717) is 26.3 Å². The van der Waals surface area contributed by atoms with Crippen molar-refractivity contribution in [2.45, 2.75) is 26.9 Å². The summed E-state index contributed by atoms with van der Waals surface area (Å²) in [5.41, 5.74) is 2.26. The molecule has 1 aromatic carbocycles. The zero-order valence-electron chi connectivity index (χ0n) is 11.8. The van der Waals surface area contributed by atoms with Gasteiger partial charge in [0, 0.05) is 13.1 Å². The van der Waals surface area contributed by atoms with E-state index in [2.05, 4.69) is 0 Å². The van der Waals surface area contributed by atoms with Crippen LogP contribution in [-0.4, -0.2) is 43.2 Å². The highest BCUT2D eigenvalue weighted by atomic mass is 16.5. The lowest BCUT2D eigenvalue weighted by atomic mass is 10.1. The van der Waals surface area contributed by atoms with E-state index in [1.807, 2.05) is 32.0 Å². The van der Waals surface area contributed by atoms with Gasteiger partial charge in [0.15, 0.2) is 6.10 Å². The van der Waals surface area contributed by atoms with E-state index in [1.165, 1.54) is 5.56 Å². The minimum atomic E-state index is -0.460. The van der Waals surface area contributed by atoms with Gasteiger partial charge in [0.2, 0.25) is 0 Å². The van der Waals surface area contributed by atoms with Crippen LogP contribution in [-0.2, 0) is 9.53 Å². The van der Waals surface area contributed by atoms with Crippen molar-refractivity contribution < 1.29 is 14.3 Å². The standard InChI is InChI=1S/C15H21NO3/c1-11-5-4-6-14(12(11)2)19-13(3)15(17)16-7-9-18-10-8-16/h4-6,13H,7-10H2,1-3H3/t13-/m0/s1. The van der Waals surface area contributed by atoms with Gasteiger partial charge < -0.3 is 14.4 Å². The number of amides is 1. The summed E-state index contributed by atoms with van der Waals surface area (Å²) in [5.74, 6) is 0.818. The van der Waals surface area contributed by atoms with Gasteiger partial charge in [-0.2, -0.15) is 0 Å². The van der Waals surface area contributed by atoms with Crippen LogP contribution >= 0.6 is 0 Å². The largest absolute Gasteiger partial charge is 0.481 e. The summed E-state index contributed by atoms with van der Waals surface area (Å²) in [6.45, 7) is 8.38. The lowest BCUT2D eigenvalue weighted by Crippen LogP contribution is -2.46. The molecule has 4 nitrogen and oxygen atoms in total. The van der Waals surface area contributed by atoms with Gasteiger partial charge in [-0.25, -0.2) is 0 Å². The number of hydrogen-bond acceptors (Lipinski definition) is 3. The van der Waals surface area contributed by atoms with E-state index in [-0.39, 0.29) is 5.91 Å². The van der Waals surface area contributed by atoms with E-state index < -0.39 is 6.10 Å². The summed E-state index contributed by atoms with van der Waals surface area (Å²) in [6, 6.07) is 5.89. The van der Waals surface area contributed by atoms with E-state index in [4.69, 9.17) is 9.47 Å². The molecule has 4 heteroatoms. The normalized spacial score (nSPS) is 17.1. The molecular formula is C15H21NO3. The first-order chi connectivity index (χ1) is 9.09. The van der Waals surface area contributed by atoms with Gasteiger partial charge in [-0.05, 0) is 38.0 Å². The minimum Gasteiger partial charge on any atom is -0.481 e. The van der Waals surface area contributed by atoms with Gasteiger partial charge in [-0.15, -0.1) is 0 Å². The number of benzene rings is 1. The van der Waals surface area contributed by atoms with Crippen molar-refractivity contribution in [3.05, 3.63) is 29.3 Å². The van der Waals surface area contributed by atoms with Gasteiger partial charge >= 0.3 is 0 Å².